The van der Waals surface area contributed by atoms with Crippen LogP contribution in [0.25, 0.3) is 5.76 Å². The number of halogens is 1. The number of rotatable bonds is 8. The van der Waals surface area contributed by atoms with Gasteiger partial charge >= 0.3 is 5.91 Å². The molecule has 3 aromatic carbocycles. The number of anilines is 1. The Morgan fingerprint density at radius 1 is 1.00 bits per heavy atom. The van der Waals surface area contributed by atoms with E-state index in [0.29, 0.717) is 27.2 Å². The number of carbonyl (C=O) groups excluding carboxylic acids is 2. The number of benzene rings is 3. The van der Waals surface area contributed by atoms with Crippen LogP contribution >= 0.6 is 23.1 Å². The fourth-order valence-electron chi connectivity index (χ4n) is 4.21. The number of nitrogens with zero attached hydrogens (tertiary/aromatic N) is 3. The van der Waals surface area contributed by atoms with Crippen molar-refractivity contribution in [3.05, 3.63) is 101 Å². The van der Waals surface area contributed by atoms with Gasteiger partial charge in [-0.05, 0) is 47.5 Å². The molecule has 0 saturated carbocycles. The number of hydrogen-bond acceptors (Lipinski definition) is 9. The molecule has 1 atom stereocenters. The number of hydrogen-bond donors (Lipinski definition) is 1. The Hall–Kier alpha value is -4.22. The molecule has 1 N–H and O–H groups in total. The van der Waals surface area contributed by atoms with Gasteiger partial charge in [0, 0.05) is 11.3 Å². The number of thioether (sulfide) groups is 1. The van der Waals surface area contributed by atoms with E-state index in [0.717, 1.165) is 17.7 Å². The van der Waals surface area contributed by atoms with Gasteiger partial charge in [-0.2, -0.15) is 0 Å². The molecule has 1 aliphatic heterocycles. The quantitative estimate of drug-likeness (QED) is 0.0970. The smallest absolute Gasteiger partial charge is 0.301 e. The predicted molar refractivity (Wildman–Crippen MR) is 147 cm³/mol. The van der Waals surface area contributed by atoms with Gasteiger partial charge in [0.05, 0.1) is 25.8 Å². The molecule has 0 radical (unpaired) electrons. The third-order valence-corrected chi connectivity index (χ3v) is 8.22. The van der Waals surface area contributed by atoms with E-state index in [1.54, 1.807) is 18.2 Å². The van der Waals surface area contributed by atoms with Gasteiger partial charge in [0.15, 0.2) is 15.8 Å². The normalized spacial score (nSPS) is 16.5. The summed E-state index contributed by atoms with van der Waals surface area (Å²) in [5.74, 6) is -1.22. The zero-order valence-electron chi connectivity index (χ0n) is 20.8. The van der Waals surface area contributed by atoms with Crippen molar-refractivity contribution in [3.63, 3.8) is 0 Å². The van der Waals surface area contributed by atoms with Gasteiger partial charge < -0.3 is 14.6 Å². The fourth-order valence-corrected chi connectivity index (χ4v) is 6.03. The van der Waals surface area contributed by atoms with Gasteiger partial charge in [-0.3, -0.25) is 14.5 Å². The topological polar surface area (TPSA) is 102 Å². The highest BCUT2D eigenvalue weighted by atomic mass is 32.2. The molecule has 1 saturated heterocycles. The number of ether oxygens (including phenoxy) is 2. The van der Waals surface area contributed by atoms with Crippen LogP contribution in [0.1, 0.15) is 22.7 Å². The standard InChI is InChI=1S/C28H22FN3O5S2/c1-36-20-13-10-18(14-21(20)37-2)23-22(24(33)17-8-11-19(29)12-9-17)25(34)26(35)32(23)27-30-31-28(39-27)38-15-16-6-4-3-5-7-16/h3-14,23,33H,15H2,1-2H3/b24-22-. The second kappa shape index (κ2) is 11.3. The fraction of sp³-hybridized carbons (Fsp3) is 0.143. The van der Waals surface area contributed by atoms with Crippen molar-refractivity contribution in [2.75, 3.05) is 19.1 Å². The zero-order valence-corrected chi connectivity index (χ0v) is 22.5. The largest absolute Gasteiger partial charge is 0.507 e. The minimum Gasteiger partial charge on any atom is -0.507 e. The number of aromatic nitrogens is 2. The number of Topliss-reactive ketones (excluding diaryl/α,β-unsaturated/α-hetero) is 1. The Kier molecular flexibility index (Phi) is 7.62. The average molecular weight is 564 g/mol. The molecular formula is C28H22FN3O5S2. The Labute approximate surface area is 231 Å². The van der Waals surface area contributed by atoms with Gasteiger partial charge in [-0.25, -0.2) is 4.39 Å². The van der Waals surface area contributed by atoms with Crippen LogP contribution in [0.5, 0.6) is 11.5 Å². The van der Waals surface area contributed by atoms with E-state index >= 15 is 0 Å². The molecular weight excluding hydrogens is 541 g/mol. The first kappa shape index (κ1) is 26.4. The SMILES string of the molecule is COc1ccc(C2/C(=C(/O)c3ccc(F)cc3)C(=O)C(=O)N2c2nnc(SCc3ccccc3)s2)cc1OC. The summed E-state index contributed by atoms with van der Waals surface area (Å²) in [6.07, 6.45) is 0. The van der Waals surface area contributed by atoms with E-state index in [-0.39, 0.29) is 16.3 Å². The van der Waals surface area contributed by atoms with Gasteiger partial charge in [0.25, 0.3) is 5.78 Å². The number of ketones is 1. The van der Waals surface area contributed by atoms with Gasteiger partial charge in [-0.15, -0.1) is 10.2 Å². The van der Waals surface area contributed by atoms with E-state index < -0.39 is 29.3 Å². The summed E-state index contributed by atoms with van der Waals surface area (Å²) >= 11 is 2.62. The maximum atomic E-state index is 13.6. The monoisotopic (exact) mass is 563 g/mol. The van der Waals surface area contributed by atoms with Crippen LogP contribution in [-0.2, 0) is 15.3 Å². The molecule has 39 heavy (non-hydrogen) atoms. The summed E-state index contributed by atoms with van der Waals surface area (Å²) in [5.41, 5.74) is 1.61. The zero-order chi connectivity index (χ0) is 27.5. The molecule has 1 aliphatic rings. The molecule has 198 valence electrons. The molecule has 1 amide bonds. The third kappa shape index (κ3) is 5.23. The minimum absolute atomic E-state index is 0.160. The van der Waals surface area contributed by atoms with Crippen molar-refractivity contribution in [2.45, 2.75) is 16.1 Å². The molecule has 8 nitrogen and oxygen atoms in total. The Bertz CT molecular complexity index is 1560. The van der Waals surface area contributed by atoms with E-state index in [4.69, 9.17) is 9.47 Å². The second-order valence-corrected chi connectivity index (χ2v) is 10.6. The summed E-state index contributed by atoms with van der Waals surface area (Å²) in [4.78, 5) is 28.0. The summed E-state index contributed by atoms with van der Waals surface area (Å²) in [6, 6.07) is 18.8. The summed E-state index contributed by atoms with van der Waals surface area (Å²) in [6.45, 7) is 0. The van der Waals surface area contributed by atoms with Crippen molar-refractivity contribution >= 4 is 45.7 Å². The summed E-state index contributed by atoms with van der Waals surface area (Å²) < 4.78 is 24.9. The number of carbonyl (C=O) groups is 2. The predicted octanol–water partition coefficient (Wildman–Crippen LogP) is 5.61. The molecule has 0 aliphatic carbocycles. The first-order chi connectivity index (χ1) is 18.9. The molecule has 5 rings (SSSR count). The lowest BCUT2D eigenvalue weighted by Gasteiger charge is -2.23. The average Bonchev–Trinajstić information content (AvgIpc) is 3.54. The van der Waals surface area contributed by atoms with Crippen LogP contribution < -0.4 is 14.4 Å². The van der Waals surface area contributed by atoms with Crippen LogP contribution in [0, 0.1) is 5.82 Å². The van der Waals surface area contributed by atoms with Gasteiger partial charge in [-0.1, -0.05) is 59.5 Å². The van der Waals surface area contributed by atoms with Crippen LogP contribution in [-0.4, -0.2) is 41.2 Å². The Morgan fingerprint density at radius 2 is 1.72 bits per heavy atom. The Balaban J connectivity index is 1.59. The van der Waals surface area contributed by atoms with Crippen molar-refractivity contribution < 1.29 is 28.6 Å². The summed E-state index contributed by atoms with van der Waals surface area (Å²) in [5, 5.41) is 19.8. The maximum absolute atomic E-state index is 13.6. The minimum atomic E-state index is -1.05. The molecule has 0 spiro atoms. The highest BCUT2D eigenvalue weighted by molar-refractivity contribution is 8.00. The molecule has 1 aromatic heterocycles. The van der Waals surface area contributed by atoms with Crippen molar-refractivity contribution in [1.29, 1.82) is 0 Å². The third-order valence-electron chi connectivity index (χ3n) is 6.09. The molecule has 2 heterocycles. The Morgan fingerprint density at radius 3 is 2.41 bits per heavy atom. The number of aliphatic hydroxyl groups is 1. The second-order valence-electron chi connectivity index (χ2n) is 8.42. The lowest BCUT2D eigenvalue weighted by molar-refractivity contribution is -0.132. The first-order valence-corrected chi connectivity index (χ1v) is 13.5. The van der Waals surface area contributed by atoms with Crippen LogP contribution in [0.2, 0.25) is 0 Å². The van der Waals surface area contributed by atoms with E-state index in [9.17, 15) is 19.1 Å². The molecule has 1 unspecified atom stereocenters. The van der Waals surface area contributed by atoms with E-state index in [2.05, 4.69) is 10.2 Å². The number of aliphatic hydroxyl groups excluding tert-OH is 1. The van der Waals surface area contributed by atoms with Crippen LogP contribution in [0.4, 0.5) is 9.52 Å². The summed E-state index contributed by atoms with van der Waals surface area (Å²) in [7, 11) is 2.96. The van der Waals surface area contributed by atoms with Gasteiger partial charge in [0.2, 0.25) is 5.13 Å². The lowest BCUT2D eigenvalue weighted by atomic mass is 9.95. The molecule has 1 fully saturated rings. The number of amides is 1. The molecule has 4 aromatic rings. The van der Waals surface area contributed by atoms with Crippen molar-refractivity contribution in [3.8, 4) is 11.5 Å². The van der Waals surface area contributed by atoms with Crippen molar-refractivity contribution in [2.24, 2.45) is 0 Å². The lowest BCUT2D eigenvalue weighted by Crippen LogP contribution is -2.29. The van der Waals surface area contributed by atoms with E-state index in [1.807, 2.05) is 30.3 Å². The number of methoxy groups -OCH3 is 2. The molecule has 11 heteroatoms. The maximum Gasteiger partial charge on any atom is 0.301 e. The highest BCUT2D eigenvalue weighted by Crippen LogP contribution is 2.45. The molecule has 0 bridgehead atoms. The van der Waals surface area contributed by atoms with Crippen LogP contribution in [0.3, 0.4) is 0 Å². The van der Waals surface area contributed by atoms with E-state index in [1.165, 1.54) is 54.4 Å². The van der Waals surface area contributed by atoms with Crippen LogP contribution in [0.15, 0.2) is 82.7 Å². The highest BCUT2D eigenvalue weighted by Gasteiger charge is 2.48. The van der Waals surface area contributed by atoms with Crippen molar-refractivity contribution in [1.82, 2.24) is 10.2 Å². The first-order valence-electron chi connectivity index (χ1n) is 11.7. The van der Waals surface area contributed by atoms with Gasteiger partial charge in [0.1, 0.15) is 11.6 Å².